The topological polar surface area (TPSA) is 24.9 Å². The minimum atomic E-state index is -0.378. The van der Waals surface area contributed by atoms with E-state index in [9.17, 15) is 17.6 Å². The number of methoxy groups -OCH3 is 2. The largest absolute Gasteiger partial charge is 0.497 e. The molecule has 0 aromatic heterocycles. The minimum absolute atomic E-state index is 0.378. The highest BCUT2D eigenvalue weighted by Gasteiger charge is 2.23. The van der Waals surface area contributed by atoms with Crippen LogP contribution in [-0.2, 0) is 0 Å². The summed E-state index contributed by atoms with van der Waals surface area (Å²) in [5.74, 6) is -0.0713. The first-order chi connectivity index (χ1) is 29.3. The maximum Gasteiger partial charge on any atom is 0.123 e. The Hall–Kier alpha value is -7.58. The van der Waals surface area contributed by atoms with Crippen molar-refractivity contribution in [2.75, 3.05) is 24.0 Å². The molecule has 9 aromatic carbocycles. The van der Waals surface area contributed by atoms with Gasteiger partial charge in [-0.2, -0.15) is 0 Å². The number of halogens is 4. The number of benzene rings is 9. The Kier molecular flexibility index (Phi) is 10.1. The molecule has 0 fully saturated rings. The van der Waals surface area contributed by atoms with Gasteiger partial charge in [-0.05, 0) is 189 Å². The van der Waals surface area contributed by atoms with Crippen LogP contribution in [0.2, 0.25) is 0 Å². The van der Waals surface area contributed by atoms with Crippen LogP contribution in [-0.4, -0.2) is 14.2 Å². The van der Waals surface area contributed by atoms with Crippen molar-refractivity contribution in [1.82, 2.24) is 0 Å². The van der Waals surface area contributed by atoms with Crippen molar-refractivity contribution in [3.05, 3.63) is 205 Å². The van der Waals surface area contributed by atoms with E-state index in [0.29, 0.717) is 22.7 Å². The van der Waals surface area contributed by atoms with Gasteiger partial charge in [0.15, 0.2) is 0 Å². The summed E-state index contributed by atoms with van der Waals surface area (Å²) in [6, 6.07) is 53.1. The second-order valence-corrected chi connectivity index (χ2v) is 14.2. The number of hydrogen-bond acceptors (Lipinski definition) is 4. The molecule has 0 saturated heterocycles. The summed E-state index contributed by atoms with van der Waals surface area (Å²) in [7, 11) is 3.27. The molecule has 0 atom stereocenters. The van der Waals surface area contributed by atoms with Crippen LogP contribution in [0.4, 0.5) is 51.7 Å². The van der Waals surface area contributed by atoms with E-state index >= 15 is 0 Å². The third-order valence-corrected chi connectivity index (χ3v) is 10.7. The summed E-state index contributed by atoms with van der Waals surface area (Å²) in [6.45, 7) is 0. The molecule has 4 nitrogen and oxygen atoms in total. The molecule has 0 aliphatic heterocycles. The molecule has 0 radical (unpaired) electrons. The van der Waals surface area contributed by atoms with E-state index in [2.05, 4.69) is 24.3 Å². The Bertz CT molecular complexity index is 2660. The lowest BCUT2D eigenvalue weighted by Crippen LogP contribution is -2.10. The van der Waals surface area contributed by atoms with E-state index in [4.69, 9.17) is 9.47 Å². The number of hydrogen-bond donors (Lipinski definition) is 0. The maximum atomic E-state index is 14.3. The molecule has 9 aromatic rings. The van der Waals surface area contributed by atoms with Crippen LogP contribution in [0, 0.1) is 23.3 Å². The van der Waals surface area contributed by atoms with Crippen LogP contribution in [0.1, 0.15) is 0 Å². The van der Waals surface area contributed by atoms with Gasteiger partial charge < -0.3 is 19.3 Å². The van der Waals surface area contributed by atoms with Gasteiger partial charge in [0.25, 0.3) is 0 Å². The van der Waals surface area contributed by atoms with Gasteiger partial charge in [-0.1, -0.05) is 36.4 Å². The Morgan fingerprint density at radius 3 is 0.833 bits per heavy atom. The molecule has 0 spiro atoms. The lowest BCUT2D eigenvalue weighted by molar-refractivity contribution is 0.414. The van der Waals surface area contributed by atoms with Gasteiger partial charge in [0.05, 0.1) is 14.2 Å². The zero-order valence-electron chi connectivity index (χ0n) is 32.5. The van der Waals surface area contributed by atoms with Gasteiger partial charge in [0.1, 0.15) is 34.8 Å². The van der Waals surface area contributed by atoms with E-state index in [-0.39, 0.29) is 23.3 Å². The van der Waals surface area contributed by atoms with E-state index in [1.807, 2.05) is 70.5 Å². The van der Waals surface area contributed by atoms with Gasteiger partial charge in [0, 0.05) is 34.1 Å². The Balaban J connectivity index is 1.39. The van der Waals surface area contributed by atoms with Crippen molar-refractivity contribution in [3.8, 4) is 33.8 Å². The van der Waals surface area contributed by atoms with Crippen molar-refractivity contribution >= 4 is 55.7 Å². The molecule has 0 bridgehead atoms. The van der Waals surface area contributed by atoms with Crippen molar-refractivity contribution in [1.29, 1.82) is 0 Å². The maximum absolute atomic E-state index is 14.3. The monoisotopic (exact) mass is 796 g/mol. The Morgan fingerprint density at radius 2 is 0.567 bits per heavy atom. The molecule has 0 aliphatic rings. The molecule has 60 heavy (non-hydrogen) atoms. The molecule has 0 heterocycles. The second-order valence-electron chi connectivity index (χ2n) is 14.2. The summed E-state index contributed by atoms with van der Waals surface area (Å²) in [4.78, 5) is 3.92. The number of nitrogens with zero attached hydrogens (tertiary/aromatic N) is 2. The third kappa shape index (κ3) is 7.24. The minimum Gasteiger partial charge on any atom is -0.497 e. The van der Waals surface area contributed by atoms with Gasteiger partial charge >= 0.3 is 0 Å². The van der Waals surface area contributed by atoms with Crippen LogP contribution in [0.25, 0.3) is 43.8 Å². The van der Waals surface area contributed by atoms with Crippen LogP contribution in [0.5, 0.6) is 11.5 Å². The zero-order valence-corrected chi connectivity index (χ0v) is 32.5. The fourth-order valence-corrected chi connectivity index (χ4v) is 7.86. The lowest BCUT2D eigenvalue weighted by atomic mass is 9.84. The quantitative estimate of drug-likeness (QED) is 0.102. The van der Waals surface area contributed by atoms with Crippen molar-refractivity contribution < 1.29 is 27.0 Å². The van der Waals surface area contributed by atoms with Crippen LogP contribution >= 0.6 is 0 Å². The average molecular weight is 797 g/mol. The number of fused-ring (bicyclic) bond motifs is 3. The average Bonchev–Trinajstić information content (AvgIpc) is 3.29. The first-order valence-corrected chi connectivity index (χ1v) is 19.2. The molecule has 8 heteroatoms. The van der Waals surface area contributed by atoms with E-state index in [0.717, 1.165) is 66.7 Å². The molecule has 0 amide bonds. The van der Waals surface area contributed by atoms with Crippen molar-refractivity contribution in [2.45, 2.75) is 0 Å². The molecule has 0 saturated carbocycles. The van der Waals surface area contributed by atoms with Gasteiger partial charge in [-0.3, -0.25) is 0 Å². The van der Waals surface area contributed by atoms with E-state index in [1.165, 1.54) is 48.5 Å². The molecular formula is C52H36F4N2O2. The highest BCUT2D eigenvalue weighted by molar-refractivity contribution is 6.23. The van der Waals surface area contributed by atoms with Crippen LogP contribution < -0.4 is 19.3 Å². The molecule has 294 valence electrons. The molecule has 0 N–H and O–H groups in total. The fraction of sp³-hybridized carbons (Fsp3) is 0.0385. The van der Waals surface area contributed by atoms with Crippen LogP contribution in [0.3, 0.4) is 0 Å². The zero-order chi connectivity index (χ0) is 41.3. The first-order valence-electron chi connectivity index (χ1n) is 19.2. The predicted octanol–water partition coefficient (Wildman–Crippen LogP) is 14.8. The summed E-state index contributed by atoms with van der Waals surface area (Å²) in [5.41, 5.74) is 8.08. The Morgan fingerprint density at radius 1 is 0.300 bits per heavy atom. The molecule has 0 aliphatic carbocycles. The first kappa shape index (κ1) is 38.0. The number of anilines is 6. The van der Waals surface area contributed by atoms with Gasteiger partial charge in [-0.25, -0.2) is 17.6 Å². The van der Waals surface area contributed by atoms with Gasteiger partial charge in [0.2, 0.25) is 0 Å². The van der Waals surface area contributed by atoms with Gasteiger partial charge in [-0.15, -0.1) is 0 Å². The van der Waals surface area contributed by atoms with Crippen LogP contribution in [0.15, 0.2) is 182 Å². The molecular weight excluding hydrogens is 761 g/mol. The normalized spacial score (nSPS) is 11.2. The van der Waals surface area contributed by atoms with Crippen molar-refractivity contribution in [3.63, 3.8) is 0 Å². The van der Waals surface area contributed by atoms with Crippen molar-refractivity contribution in [2.24, 2.45) is 0 Å². The lowest BCUT2D eigenvalue weighted by Gasteiger charge is -2.28. The fourth-order valence-electron chi connectivity index (χ4n) is 7.86. The van der Waals surface area contributed by atoms with E-state index in [1.54, 1.807) is 62.8 Å². The highest BCUT2D eigenvalue weighted by Crippen LogP contribution is 2.49. The highest BCUT2D eigenvalue weighted by atomic mass is 19.1. The second kappa shape index (κ2) is 16.0. The third-order valence-electron chi connectivity index (χ3n) is 10.7. The molecule has 9 rings (SSSR count). The number of ether oxygens (including phenoxy) is 2. The summed E-state index contributed by atoms with van der Waals surface area (Å²) in [5, 5.41) is 3.65. The number of rotatable bonds is 10. The summed E-state index contributed by atoms with van der Waals surface area (Å²) in [6.07, 6.45) is 0. The smallest absolute Gasteiger partial charge is 0.123 e. The molecule has 0 unspecified atom stereocenters. The summed E-state index contributed by atoms with van der Waals surface area (Å²) >= 11 is 0. The Labute approximate surface area is 344 Å². The van der Waals surface area contributed by atoms with E-state index < -0.39 is 0 Å². The standard InChI is InChI=1S/C52H36F4N2O2/c1-59-45-25-3-33(4-26-45)51-47-29-23-43(57(39-15-7-35(53)8-16-39)40-17-9-36(54)10-18-40)31-49(47)50-32-44(24-30-48(50)52(51)34-5-27-46(60-2)28-6-34)58(41-19-11-37(55)12-20-41)42-21-13-38(56)14-22-42/h3-32H,1-2H3. The SMILES string of the molecule is COc1ccc(-c2c(-c3ccc(OC)cc3)c3ccc(N(c4ccc(F)cc4)c4ccc(F)cc4)cc3c3cc(N(c4ccc(F)cc4)c4ccc(F)cc4)ccc23)cc1. The summed E-state index contributed by atoms with van der Waals surface area (Å²) < 4.78 is 68.4. The predicted molar refractivity (Wildman–Crippen MR) is 235 cm³/mol.